The third-order valence-corrected chi connectivity index (χ3v) is 2.55. The average molecular weight is 251 g/mol. The zero-order valence-corrected chi connectivity index (χ0v) is 11.5. The van der Waals surface area contributed by atoms with Crippen LogP contribution in [0.5, 0.6) is 5.75 Å². The summed E-state index contributed by atoms with van der Waals surface area (Å²) >= 11 is 0. The van der Waals surface area contributed by atoms with Crippen molar-refractivity contribution < 1.29 is 14.0 Å². The van der Waals surface area contributed by atoms with E-state index in [0.717, 1.165) is 11.0 Å². The molecular weight excluding hydrogens is 228 g/mol. The minimum Gasteiger partial charge on any atom is -0.492 e. The highest BCUT2D eigenvalue weighted by Crippen LogP contribution is 2.15. The van der Waals surface area contributed by atoms with Gasteiger partial charge in [0.2, 0.25) is 0 Å². The Kier molecular flexibility index (Phi) is 5.31. The molecule has 0 bridgehead atoms. The smallest absolute Gasteiger partial charge is 0.168 e. The number of carbonyl (C=O) groups excluding carboxylic acids is 1. The summed E-state index contributed by atoms with van der Waals surface area (Å²) in [6.07, 6.45) is 0.545. The van der Waals surface area contributed by atoms with Gasteiger partial charge in [0, 0.05) is 12.1 Å². The Hall–Kier alpha value is -1.39. The van der Waals surface area contributed by atoms with Crippen LogP contribution in [0.1, 0.15) is 16.8 Å². The van der Waals surface area contributed by atoms with E-state index >= 15 is 0 Å². The molecule has 0 radical (unpaired) electrons. The van der Waals surface area contributed by atoms with Crippen LogP contribution < -0.4 is 10.5 Å². The molecule has 18 heavy (non-hydrogen) atoms. The third-order valence-electron chi connectivity index (χ3n) is 2.55. The van der Waals surface area contributed by atoms with Gasteiger partial charge in [-0.1, -0.05) is 12.1 Å². The Morgan fingerprint density at radius 1 is 1.33 bits per heavy atom. The molecular formula is C14H23N2O2+. The second-order valence-electron chi connectivity index (χ2n) is 5.35. The topological polar surface area (TPSA) is 52.3 Å². The molecule has 0 aliphatic heterocycles. The molecule has 0 fully saturated rings. The van der Waals surface area contributed by atoms with Crippen molar-refractivity contribution in [3.05, 3.63) is 29.8 Å². The zero-order chi connectivity index (χ0) is 13.6. The van der Waals surface area contributed by atoms with Crippen LogP contribution in [0.15, 0.2) is 24.3 Å². The van der Waals surface area contributed by atoms with Crippen molar-refractivity contribution in [1.82, 2.24) is 0 Å². The number of nitrogens with two attached hydrogens (primary N) is 1. The molecule has 0 saturated heterocycles. The van der Waals surface area contributed by atoms with Gasteiger partial charge >= 0.3 is 0 Å². The van der Waals surface area contributed by atoms with Crippen molar-refractivity contribution in [3.8, 4) is 5.75 Å². The van der Waals surface area contributed by atoms with Gasteiger partial charge in [0.05, 0.1) is 34.1 Å². The minimum absolute atomic E-state index is 0.154. The minimum atomic E-state index is 0.154. The van der Waals surface area contributed by atoms with Gasteiger partial charge in [0.25, 0.3) is 0 Å². The number of ether oxygens (including phenoxy) is 1. The van der Waals surface area contributed by atoms with E-state index in [1.54, 1.807) is 6.07 Å². The Labute approximate surface area is 109 Å². The quantitative estimate of drug-likeness (QED) is 0.587. The van der Waals surface area contributed by atoms with Crippen molar-refractivity contribution in [3.63, 3.8) is 0 Å². The van der Waals surface area contributed by atoms with Crippen LogP contribution in [-0.2, 0) is 0 Å². The predicted molar refractivity (Wildman–Crippen MR) is 72.8 cm³/mol. The highest BCUT2D eigenvalue weighted by Gasteiger charge is 2.13. The van der Waals surface area contributed by atoms with Crippen molar-refractivity contribution in [2.24, 2.45) is 5.73 Å². The van der Waals surface area contributed by atoms with Crippen LogP contribution >= 0.6 is 0 Å². The van der Waals surface area contributed by atoms with E-state index in [-0.39, 0.29) is 5.78 Å². The number of rotatable bonds is 7. The lowest BCUT2D eigenvalue weighted by atomic mass is 10.1. The molecule has 1 aromatic rings. The first kappa shape index (κ1) is 14.7. The van der Waals surface area contributed by atoms with Crippen LogP contribution in [0.4, 0.5) is 0 Å². The number of nitrogens with zero attached hydrogens (tertiary/aromatic N) is 1. The molecule has 0 amide bonds. The van der Waals surface area contributed by atoms with Crippen LogP contribution in [0.25, 0.3) is 0 Å². The lowest BCUT2D eigenvalue weighted by Crippen LogP contribution is -2.36. The van der Waals surface area contributed by atoms with Crippen molar-refractivity contribution >= 4 is 5.78 Å². The summed E-state index contributed by atoms with van der Waals surface area (Å²) in [4.78, 5) is 12.0. The molecule has 100 valence electrons. The summed E-state index contributed by atoms with van der Waals surface area (Å²) in [5, 5.41) is 0. The Morgan fingerprint density at radius 2 is 2.06 bits per heavy atom. The van der Waals surface area contributed by atoms with Crippen LogP contribution in [0.2, 0.25) is 0 Å². The Morgan fingerprint density at radius 3 is 2.67 bits per heavy atom. The molecule has 4 nitrogen and oxygen atoms in total. The SMILES string of the molecule is C[N+](C)(C)CCC(=O)c1cccc(OCCN)c1. The van der Waals surface area contributed by atoms with E-state index in [0.29, 0.717) is 30.9 Å². The lowest BCUT2D eigenvalue weighted by molar-refractivity contribution is -0.869. The van der Waals surface area contributed by atoms with Gasteiger partial charge in [-0.2, -0.15) is 0 Å². The van der Waals surface area contributed by atoms with Gasteiger partial charge in [-0.3, -0.25) is 4.79 Å². The molecule has 2 N–H and O–H groups in total. The van der Waals surface area contributed by atoms with Gasteiger partial charge in [-0.25, -0.2) is 0 Å². The van der Waals surface area contributed by atoms with Crippen molar-refractivity contribution in [2.75, 3.05) is 40.8 Å². The maximum Gasteiger partial charge on any atom is 0.168 e. The highest BCUT2D eigenvalue weighted by atomic mass is 16.5. The molecule has 0 spiro atoms. The fourth-order valence-electron chi connectivity index (χ4n) is 1.52. The first-order valence-electron chi connectivity index (χ1n) is 6.19. The van der Waals surface area contributed by atoms with E-state index < -0.39 is 0 Å². The first-order chi connectivity index (χ1) is 8.42. The van der Waals surface area contributed by atoms with Gasteiger partial charge in [0.15, 0.2) is 5.78 Å². The Balaban J connectivity index is 2.62. The average Bonchev–Trinajstić information content (AvgIpc) is 2.33. The van der Waals surface area contributed by atoms with Gasteiger partial charge < -0.3 is 15.0 Å². The van der Waals surface area contributed by atoms with Crippen molar-refractivity contribution in [2.45, 2.75) is 6.42 Å². The number of hydrogen-bond acceptors (Lipinski definition) is 3. The number of quaternary nitrogens is 1. The number of benzene rings is 1. The largest absolute Gasteiger partial charge is 0.492 e. The summed E-state index contributed by atoms with van der Waals surface area (Å²) in [6, 6.07) is 7.29. The van der Waals surface area contributed by atoms with E-state index in [2.05, 4.69) is 21.1 Å². The monoisotopic (exact) mass is 251 g/mol. The van der Waals surface area contributed by atoms with Crippen molar-refractivity contribution in [1.29, 1.82) is 0 Å². The third kappa shape index (κ3) is 5.29. The summed E-state index contributed by atoms with van der Waals surface area (Å²) in [6.45, 7) is 1.77. The zero-order valence-electron chi connectivity index (χ0n) is 11.5. The molecule has 1 aromatic carbocycles. The summed E-state index contributed by atoms with van der Waals surface area (Å²) in [5.41, 5.74) is 6.08. The molecule has 0 saturated carbocycles. The lowest BCUT2D eigenvalue weighted by Gasteiger charge is -2.23. The summed E-state index contributed by atoms with van der Waals surface area (Å²) in [7, 11) is 6.23. The van der Waals surface area contributed by atoms with E-state index in [1.165, 1.54) is 0 Å². The standard InChI is InChI=1S/C14H23N2O2/c1-16(2,3)9-7-14(17)12-5-4-6-13(11-12)18-10-8-15/h4-6,11H,7-10,15H2,1-3H3/q+1. The number of carbonyl (C=O) groups is 1. The molecule has 0 unspecified atom stereocenters. The molecule has 0 atom stereocenters. The second kappa shape index (κ2) is 6.52. The fraction of sp³-hybridized carbons (Fsp3) is 0.500. The highest BCUT2D eigenvalue weighted by molar-refractivity contribution is 5.96. The number of hydrogen-bond donors (Lipinski definition) is 1. The van der Waals surface area contributed by atoms with E-state index in [1.807, 2.05) is 18.2 Å². The number of ketones is 1. The molecule has 0 aliphatic rings. The summed E-state index contributed by atoms with van der Waals surface area (Å²) in [5.74, 6) is 0.859. The second-order valence-corrected chi connectivity index (χ2v) is 5.35. The first-order valence-corrected chi connectivity index (χ1v) is 6.19. The predicted octanol–water partition coefficient (Wildman–Crippen LogP) is 1.30. The van der Waals surface area contributed by atoms with Crippen LogP contribution in [-0.4, -0.2) is 51.1 Å². The van der Waals surface area contributed by atoms with Crippen LogP contribution in [0, 0.1) is 0 Å². The van der Waals surface area contributed by atoms with Gasteiger partial charge in [-0.15, -0.1) is 0 Å². The molecule has 1 rings (SSSR count). The molecule has 0 aromatic heterocycles. The maximum atomic E-state index is 12.0. The number of Topliss-reactive ketones (excluding diaryl/α,β-unsaturated/α-hetero) is 1. The Bertz CT molecular complexity index is 397. The fourth-order valence-corrected chi connectivity index (χ4v) is 1.52. The molecule has 0 aliphatic carbocycles. The maximum absolute atomic E-state index is 12.0. The van der Waals surface area contributed by atoms with Gasteiger partial charge in [-0.05, 0) is 12.1 Å². The van der Waals surface area contributed by atoms with Gasteiger partial charge in [0.1, 0.15) is 12.4 Å². The summed E-state index contributed by atoms with van der Waals surface area (Å²) < 4.78 is 6.20. The van der Waals surface area contributed by atoms with E-state index in [4.69, 9.17) is 10.5 Å². The van der Waals surface area contributed by atoms with Crippen LogP contribution in [0.3, 0.4) is 0 Å². The molecule has 0 heterocycles. The molecule has 4 heteroatoms. The normalized spacial score (nSPS) is 11.3. The van der Waals surface area contributed by atoms with E-state index in [9.17, 15) is 4.79 Å².